The zero-order valence-electron chi connectivity index (χ0n) is 16.5. The molecule has 0 heterocycles. The van der Waals surface area contributed by atoms with Crippen LogP contribution in [0.1, 0.15) is 46.5 Å². The van der Waals surface area contributed by atoms with Crippen molar-refractivity contribution in [1.82, 2.24) is 0 Å². The van der Waals surface area contributed by atoms with Crippen molar-refractivity contribution >= 4 is 34.8 Å². The number of aliphatic hydroxyl groups is 2. The van der Waals surface area contributed by atoms with Gasteiger partial charge < -0.3 is 10.2 Å². The fourth-order valence-electron chi connectivity index (χ4n) is 7.24. The fourth-order valence-corrected chi connectivity index (χ4v) is 7.97. The van der Waals surface area contributed by atoms with Gasteiger partial charge in [0.15, 0.2) is 11.6 Å². The van der Waals surface area contributed by atoms with Crippen molar-refractivity contribution in [3.05, 3.63) is 23.8 Å². The smallest absolute Gasteiger partial charge is 0.179 e. The summed E-state index contributed by atoms with van der Waals surface area (Å²) >= 11 is 13.2. The molecule has 0 radical (unpaired) electrons. The quantitative estimate of drug-likeness (QED) is 0.663. The van der Waals surface area contributed by atoms with Gasteiger partial charge in [-0.15, -0.1) is 23.2 Å². The molecule has 28 heavy (non-hydrogen) atoms. The summed E-state index contributed by atoms with van der Waals surface area (Å²) < 4.78 is 0. The molecular formula is C22H28Cl2O4. The molecule has 0 amide bonds. The first-order valence-corrected chi connectivity index (χ1v) is 11.0. The Labute approximate surface area is 176 Å². The molecule has 4 rings (SSSR count). The minimum absolute atomic E-state index is 0.00929. The van der Waals surface area contributed by atoms with Crippen LogP contribution in [-0.2, 0) is 9.59 Å². The molecule has 6 heteroatoms. The van der Waals surface area contributed by atoms with Crippen molar-refractivity contribution in [2.75, 3.05) is 5.88 Å². The standard InChI is InChI=1S/C22H28Cl2O4/c1-12-8-16-15-5-4-13-9-14(25)6-7-19(13,2)21(15,24)17(26)10-20(16,3)22(12,28)18(27)11-23/h6-7,9,12,15-17,26,28H,4-5,8,10-11H2,1-3H3/t12?,15?,16?,17?,19-,20-,21-,22-/m0/s1. The van der Waals surface area contributed by atoms with Gasteiger partial charge in [0.25, 0.3) is 0 Å². The second-order valence-corrected chi connectivity index (χ2v) is 10.6. The van der Waals surface area contributed by atoms with Crippen molar-refractivity contribution < 1.29 is 19.8 Å². The first-order valence-electron chi connectivity index (χ1n) is 10.1. The van der Waals surface area contributed by atoms with Gasteiger partial charge in [-0.05, 0) is 55.6 Å². The van der Waals surface area contributed by atoms with Crippen LogP contribution in [0.4, 0.5) is 0 Å². The first kappa shape index (κ1) is 20.6. The number of aliphatic hydroxyl groups excluding tert-OH is 1. The van der Waals surface area contributed by atoms with Crippen molar-refractivity contribution in [2.45, 2.75) is 63.0 Å². The highest BCUT2D eigenvalue weighted by atomic mass is 35.5. The number of halogens is 2. The third-order valence-corrected chi connectivity index (χ3v) is 9.94. The van der Waals surface area contributed by atoms with E-state index in [9.17, 15) is 19.8 Å². The van der Waals surface area contributed by atoms with Crippen LogP contribution < -0.4 is 0 Å². The monoisotopic (exact) mass is 426 g/mol. The Hall–Kier alpha value is -0.680. The molecule has 0 saturated heterocycles. The summed E-state index contributed by atoms with van der Waals surface area (Å²) in [5.74, 6) is -1.00. The van der Waals surface area contributed by atoms with Gasteiger partial charge in [0.1, 0.15) is 5.60 Å². The molecule has 0 aromatic heterocycles. The van der Waals surface area contributed by atoms with Crippen molar-refractivity contribution in [3.63, 3.8) is 0 Å². The predicted octanol–water partition coefficient (Wildman–Crippen LogP) is 3.41. The third kappa shape index (κ3) is 2.16. The van der Waals surface area contributed by atoms with Crippen LogP contribution in [0.15, 0.2) is 23.8 Å². The lowest BCUT2D eigenvalue weighted by molar-refractivity contribution is -0.175. The molecular weight excluding hydrogens is 399 g/mol. The van der Waals surface area contributed by atoms with Crippen LogP contribution in [0.3, 0.4) is 0 Å². The molecule has 4 aliphatic rings. The van der Waals surface area contributed by atoms with Gasteiger partial charge >= 0.3 is 0 Å². The molecule has 2 N–H and O–H groups in total. The van der Waals surface area contributed by atoms with E-state index in [1.165, 1.54) is 0 Å². The van der Waals surface area contributed by atoms with Crippen LogP contribution in [0.5, 0.6) is 0 Å². The van der Waals surface area contributed by atoms with Crippen molar-refractivity contribution in [1.29, 1.82) is 0 Å². The highest BCUT2D eigenvalue weighted by Gasteiger charge is 2.74. The number of ketones is 2. The molecule has 154 valence electrons. The van der Waals surface area contributed by atoms with Gasteiger partial charge in [-0.25, -0.2) is 0 Å². The lowest BCUT2D eigenvalue weighted by atomic mass is 9.45. The summed E-state index contributed by atoms with van der Waals surface area (Å²) in [7, 11) is 0. The number of Topliss-reactive ketones (excluding diaryl/α,β-unsaturated/α-hetero) is 1. The molecule has 3 saturated carbocycles. The molecule has 4 nitrogen and oxygen atoms in total. The first-order chi connectivity index (χ1) is 13.0. The summed E-state index contributed by atoms with van der Waals surface area (Å²) in [6.07, 6.45) is 6.47. The normalized spacial score (nSPS) is 52.5. The Balaban J connectivity index is 1.84. The summed E-state index contributed by atoms with van der Waals surface area (Å²) in [4.78, 5) is 23.7. The Morgan fingerprint density at radius 3 is 2.64 bits per heavy atom. The fraction of sp³-hybridized carbons (Fsp3) is 0.727. The van der Waals surface area contributed by atoms with E-state index >= 15 is 0 Å². The molecule has 4 aliphatic carbocycles. The number of hydrogen-bond donors (Lipinski definition) is 2. The van der Waals surface area contributed by atoms with E-state index in [1.807, 2.05) is 26.8 Å². The van der Waals surface area contributed by atoms with Gasteiger partial charge in [-0.2, -0.15) is 0 Å². The van der Waals surface area contributed by atoms with Crippen LogP contribution in [-0.4, -0.2) is 44.2 Å². The van der Waals surface area contributed by atoms with E-state index in [2.05, 4.69) is 0 Å². The summed E-state index contributed by atoms with van der Waals surface area (Å²) in [6, 6.07) is 0. The van der Waals surface area contributed by atoms with Gasteiger partial charge in [0, 0.05) is 10.8 Å². The van der Waals surface area contributed by atoms with E-state index in [4.69, 9.17) is 23.2 Å². The molecule has 0 aliphatic heterocycles. The predicted molar refractivity (Wildman–Crippen MR) is 108 cm³/mol. The Bertz CT molecular complexity index is 806. The Morgan fingerprint density at radius 2 is 2.00 bits per heavy atom. The van der Waals surface area contributed by atoms with Gasteiger partial charge in [-0.3, -0.25) is 9.59 Å². The lowest BCUT2D eigenvalue weighted by Gasteiger charge is -2.63. The molecule has 0 aromatic carbocycles. The maximum atomic E-state index is 12.7. The SMILES string of the molecule is CC1CC2C3CCC4=CC(=O)C=C[C@]4(C)[C@@]3(Cl)C(O)C[C@]2(C)[C@@]1(O)C(=O)CCl. The van der Waals surface area contributed by atoms with E-state index < -0.39 is 27.4 Å². The highest BCUT2D eigenvalue weighted by molar-refractivity contribution is 6.29. The van der Waals surface area contributed by atoms with E-state index in [0.717, 1.165) is 18.4 Å². The van der Waals surface area contributed by atoms with Gasteiger partial charge in [0.2, 0.25) is 0 Å². The molecule has 0 bridgehead atoms. The highest BCUT2D eigenvalue weighted by Crippen LogP contribution is 2.71. The van der Waals surface area contributed by atoms with Crippen LogP contribution in [0, 0.1) is 28.6 Å². The molecule has 4 unspecified atom stereocenters. The maximum absolute atomic E-state index is 12.7. The van der Waals surface area contributed by atoms with E-state index in [-0.39, 0.29) is 41.6 Å². The number of hydrogen-bond acceptors (Lipinski definition) is 4. The summed E-state index contributed by atoms with van der Waals surface area (Å²) in [5, 5.41) is 22.9. The summed E-state index contributed by atoms with van der Waals surface area (Å²) in [6.45, 7) is 5.81. The second kappa shape index (κ2) is 6.16. The number of carbonyl (C=O) groups is 2. The zero-order valence-corrected chi connectivity index (χ0v) is 18.1. The minimum atomic E-state index is -1.56. The van der Waals surface area contributed by atoms with E-state index in [0.29, 0.717) is 6.42 Å². The Morgan fingerprint density at radius 1 is 1.32 bits per heavy atom. The number of alkyl halides is 2. The topological polar surface area (TPSA) is 74.6 Å². The average Bonchev–Trinajstić information content (AvgIpc) is 2.84. The van der Waals surface area contributed by atoms with Crippen LogP contribution in [0.2, 0.25) is 0 Å². The van der Waals surface area contributed by atoms with Gasteiger partial charge in [-0.1, -0.05) is 32.4 Å². The second-order valence-electron chi connectivity index (χ2n) is 9.72. The zero-order chi connectivity index (χ0) is 20.7. The largest absolute Gasteiger partial charge is 0.391 e. The number of fused-ring (bicyclic) bond motifs is 5. The lowest BCUT2D eigenvalue weighted by Crippen LogP contribution is -2.68. The molecule has 0 aromatic rings. The molecule has 3 fully saturated rings. The Kier molecular flexibility index (Phi) is 4.53. The minimum Gasteiger partial charge on any atom is -0.391 e. The third-order valence-electron chi connectivity index (χ3n) is 8.77. The van der Waals surface area contributed by atoms with E-state index in [1.54, 1.807) is 12.2 Å². The van der Waals surface area contributed by atoms with Crippen molar-refractivity contribution in [3.8, 4) is 0 Å². The molecule has 0 spiro atoms. The van der Waals surface area contributed by atoms with Crippen molar-refractivity contribution in [2.24, 2.45) is 28.6 Å². The van der Waals surface area contributed by atoms with Crippen LogP contribution in [0.25, 0.3) is 0 Å². The number of carbonyl (C=O) groups excluding carboxylic acids is 2. The summed E-state index contributed by atoms with van der Waals surface area (Å²) in [5.41, 5.74) is -2.01. The molecule has 8 atom stereocenters. The maximum Gasteiger partial charge on any atom is 0.179 e. The average molecular weight is 427 g/mol. The number of allylic oxidation sites excluding steroid dienone is 4. The van der Waals surface area contributed by atoms with Crippen LogP contribution >= 0.6 is 23.2 Å². The van der Waals surface area contributed by atoms with Gasteiger partial charge in [0.05, 0.1) is 16.9 Å². The number of rotatable bonds is 2.